The topological polar surface area (TPSA) is 108 Å². The Bertz CT molecular complexity index is 1650. The van der Waals surface area contributed by atoms with Crippen molar-refractivity contribution >= 4 is 34.3 Å². The molecule has 0 radical (unpaired) electrons. The molecule has 0 bridgehead atoms. The number of tetrazole rings is 1. The molecule has 12 nitrogen and oxygen atoms in total. The lowest BCUT2D eigenvalue weighted by Crippen LogP contribution is -2.46. The Balaban J connectivity index is 0.917. The Kier molecular flexibility index (Phi) is 8.17. The standard InChI is InChI=1S/C30H32ClN9O3S/c1-2-29-34-35-36-40(29)24-5-3-22(4-6-24)37-13-15-38(16-14-37)23-7-9-25(10-8-23)41-17-26-18-42-30(43-26,19-39-21-32-20-33-39)27-11-12-28(31)44-27/h3-12,20-21,26H,2,13-19H2,1H3. The number of rotatable bonds is 10. The van der Waals surface area contributed by atoms with E-state index in [4.69, 9.17) is 25.8 Å². The van der Waals surface area contributed by atoms with E-state index in [1.165, 1.54) is 29.0 Å². The Hall–Kier alpha value is -4.04. The smallest absolute Gasteiger partial charge is 0.225 e. The van der Waals surface area contributed by atoms with Crippen molar-refractivity contribution in [1.82, 2.24) is 35.0 Å². The maximum absolute atomic E-state index is 6.44. The van der Waals surface area contributed by atoms with E-state index in [0.29, 0.717) is 24.1 Å². The first-order chi connectivity index (χ1) is 21.6. The maximum Gasteiger partial charge on any atom is 0.225 e. The number of ether oxygens (including phenoxy) is 3. The van der Waals surface area contributed by atoms with Crippen LogP contribution >= 0.6 is 22.9 Å². The molecule has 44 heavy (non-hydrogen) atoms. The van der Waals surface area contributed by atoms with Crippen LogP contribution in [-0.4, -0.2) is 80.5 Å². The number of piperazine rings is 1. The Labute approximate surface area is 263 Å². The molecule has 2 fully saturated rings. The minimum absolute atomic E-state index is 0.247. The minimum atomic E-state index is -0.985. The lowest BCUT2D eigenvalue weighted by atomic mass is 10.2. The van der Waals surface area contributed by atoms with Crippen molar-refractivity contribution in [3.63, 3.8) is 0 Å². The van der Waals surface area contributed by atoms with E-state index >= 15 is 0 Å². The highest BCUT2D eigenvalue weighted by Gasteiger charge is 2.45. The summed E-state index contributed by atoms with van der Waals surface area (Å²) in [5.41, 5.74) is 3.36. The summed E-state index contributed by atoms with van der Waals surface area (Å²) < 4.78 is 23.0. The number of aromatic nitrogens is 7. The van der Waals surface area contributed by atoms with Crippen molar-refractivity contribution in [3.05, 3.63) is 88.4 Å². The van der Waals surface area contributed by atoms with Crippen molar-refractivity contribution in [2.75, 3.05) is 49.2 Å². The second kappa shape index (κ2) is 12.5. The average molecular weight is 634 g/mol. The van der Waals surface area contributed by atoms with Crippen LogP contribution in [0, 0.1) is 0 Å². The van der Waals surface area contributed by atoms with Crippen LogP contribution in [0.5, 0.6) is 5.75 Å². The van der Waals surface area contributed by atoms with Gasteiger partial charge in [0.15, 0.2) is 5.82 Å². The first kappa shape index (κ1) is 28.7. The van der Waals surface area contributed by atoms with Crippen molar-refractivity contribution in [3.8, 4) is 11.4 Å². The number of hydrogen-bond donors (Lipinski definition) is 0. The summed E-state index contributed by atoms with van der Waals surface area (Å²) in [7, 11) is 0. The molecule has 7 rings (SSSR count). The van der Waals surface area contributed by atoms with E-state index in [2.05, 4.69) is 71.8 Å². The van der Waals surface area contributed by atoms with Crippen LogP contribution in [0.1, 0.15) is 17.6 Å². The van der Waals surface area contributed by atoms with Crippen molar-refractivity contribution in [2.45, 2.75) is 31.8 Å². The van der Waals surface area contributed by atoms with Crippen molar-refractivity contribution in [1.29, 1.82) is 0 Å². The summed E-state index contributed by atoms with van der Waals surface area (Å²) in [6.07, 6.45) is 3.68. The third-order valence-electron chi connectivity index (χ3n) is 7.87. The molecule has 0 N–H and O–H groups in total. The van der Waals surface area contributed by atoms with Gasteiger partial charge in [0.05, 0.1) is 21.5 Å². The number of nitrogens with zero attached hydrogens (tertiary/aromatic N) is 9. The van der Waals surface area contributed by atoms with Gasteiger partial charge in [-0.15, -0.1) is 16.4 Å². The molecule has 2 aliphatic heterocycles. The largest absolute Gasteiger partial charge is 0.491 e. The summed E-state index contributed by atoms with van der Waals surface area (Å²) in [6.45, 7) is 6.92. The van der Waals surface area contributed by atoms with E-state index < -0.39 is 5.79 Å². The summed E-state index contributed by atoms with van der Waals surface area (Å²) in [5.74, 6) is 0.656. The zero-order valence-corrected chi connectivity index (χ0v) is 25.8. The van der Waals surface area contributed by atoms with Crippen molar-refractivity contribution in [2.24, 2.45) is 0 Å². The van der Waals surface area contributed by atoms with Crippen LogP contribution in [0.2, 0.25) is 4.34 Å². The molecule has 0 aliphatic carbocycles. The highest BCUT2D eigenvalue weighted by atomic mass is 35.5. The summed E-state index contributed by atoms with van der Waals surface area (Å²) in [4.78, 5) is 9.75. The molecule has 0 spiro atoms. The molecule has 5 heterocycles. The SMILES string of the molecule is CCc1nnnn1-c1ccc(N2CCN(c3ccc(OCC4COC(Cn5cncn5)(c5ccc(Cl)s5)O4)cc3)CC2)cc1. The Morgan fingerprint density at radius 3 is 2.30 bits per heavy atom. The van der Waals surface area contributed by atoms with Gasteiger partial charge in [-0.25, -0.2) is 9.67 Å². The zero-order chi connectivity index (χ0) is 29.9. The summed E-state index contributed by atoms with van der Waals surface area (Å²) in [6, 6.07) is 20.5. The fourth-order valence-corrected chi connectivity index (χ4v) is 6.70. The quantitative estimate of drug-likeness (QED) is 0.222. The normalized spacial score (nSPS) is 20.4. The number of hydrogen-bond acceptors (Lipinski definition) is 11. The molecule has 14 heteroatoms. The number of aryl methyl sites for hydroxylation is 1. The first-order valence-corrected chi connectivity index (χ1v) is 15.8. The molecule has 0 saturated carbocycles. The van der Waals surface area contributed by atoms with Crippen LogP contribution < -0.4 is 14.5 Å². The molecule has 228 valence electrons. The van der Waals surface area contributed by atoms with Crippen LogP contribution in [0.25, 0.3) is 5.69 Å². The maximum atomic E-state index is 6.44. The highest BCUT2D eigenvalue weighted by molar-refractivity contribution is 7.16. The molecule has 2 aliphatic rings. The molecule has 0 amide bonds. The first-order valence-electron chi connectivity index (χ1n) is 14.6. The molecular weight excluding hydrogens is 602 g/mol. The van der Waals surface area contributed by atoms with Gasteiger partial charge in [0.2, 0.25) is 5.79 Å². The molecule has 2 saturated heterocycles. The summed E-state index contributed by atoms with van der Waals surface area (Å²) in [5, 5.41) is 16.2. The Morgan fingerprint density at radius 1 is 0.955 bits per heavy atom. The van der Waals surface area contributed by atoms with Gasteiger partial charge in [0.1, 0.15) is 37.7 Å². The van der Waals surface area contributed by atoms with E-state index in [1.807, 2.05) is 31.2 Å². The van der Waals surface area contributed by atoms with Gasteiger partial charge in [-0.3, -0.25) is 0 Å². The van der Waals surface area contributed by atoms with E-state index in [9.17, 15) is 0 Å². The third-order valence-corrected chi connectivity index (χ3v) is 9.23. The second-order valence-corrected chi connectivity index (χ2v) is 12.4. The Morgan fingerprint density at radius 2 is 1.66 bits per heavy atom. The van der Waals surface area contributed by atoms with Gasteiger partial charge < -0.3 is 24.0 Å². The predicted octanol–water partition coefficient (Wildman–Crippen LogP) is 4.21. The third kappa shape index (κ3) is 6.00. The molecule has 5 aromatic rings. The van der Waals surface area contributed by atoms with E-state index in [-0.39, 0.29) is 6.10 Å². The van der Waals surface area contributed by atoms with Crippen LogP contribution in [-0.2, 0) is 28.2 Å². The molecule has 2 unspecified atom stereocenters. The average Bonchev–Trinajstić information content (AvgIpc) is 3.89. The minimum Gasteiger partial charge on any atom is -0.491 e. The zero-order valence-electron chi connectivity index (χ0n) is 24.2. The predicted molar refractivity (Wildman–Crippen MR) is 167 cm³/mol. The van der Waals surface area contributed by atoms with Crippen LogP contribution in [0.15, 0.2) is 73.3 Å². The molecule has 2 atom stereocenters. The van der Waals surface area contributed by atoms with Gasteiger partial charge >= 0.3 is 0 Å². The van der Waals surface area contributed by atoms with E-state index in [0.717, 1.165) is 54.7 Å². The van der Waals surface area contributed by atoms with Gasteiger partial charge in [0.25, 0.3) is 0 Å². The number of thiophene rings is 1. The van der Waals surface area contributed by atoms with Crippen LogP contribution in [0.3, 0.4) is 0 Å². The lowest BCUT2D eigenvalue weighted by molar-refractivity contribution is -0.188. The van der Waals surface area contributed by atoms with Gasteiger partial charge in [0, 0.05) is 44.0 Å². The second-order valence-electron chi connectivity index (χ2n) is 10.7. The van der Waals surface area contributed by atoms with Crippen molar-refractivity contribution < 1.29 is 14.2 Å². The number of anilines is 2. The molecule has 2 aromatic carbocycles. The van der Waals surface area contributed by atoms with Gasteiger partial charge in [-0.2, -0.15) is 9.78 Å². The lowest BCUT2D eigenvalue weighted by Gasteiger charge is -2.37. The van der Waals surface area contributed by atoms with Crippen LogP contribution in [0.4, 0.5) is 11.4 Å². The number of benzene rings is 2. The van der Waals surface area contributed by atoms with E-state index in [1.54, 1.807) is 15.7 Å². The highest BCUT2D eigenvalue weighted by Crippen LogP contribution is 2.41. The number of halogens is 1. The molecule has 3 aromatic heterocycles. The molecular formula is C30H32ClN9O3S. The van der Waals surface area contributed by atoms with Gasteiger partial charge in [-0.1, -0.05) is 18.5 Å². The van der Waals surface area contributed by atoms with Gasteiger partial charge in [-0.05, 0) is 71.1 Å². The monoisotopic (exact) mass is 633 g/mol. The summed E-state index contributed by atoms with van der Waals surface area (Å²) >= 11 is 7.67. The fourth-order valence-electron chi connectivity index (χ4n) is 5.58. The fraction of sp³-hybridized carbons (Fsp3) is 0.367.